The van der Waals surface area contributed by atoms with Gasteiger partial charge in [-0.15, -0.1) is 12.4 Å². The summed E-state index contributed by atoms with van der Waals surface area (Å²) in [5.74, 6) is 0. The SMILES string of the molecule is CC(C)(N)CN1CCN(C(=O)NC2CCCCC2)CC1.Cl. The third kappa shape index (κ3) is 6.41. The van der Waals surface area contributed by atoms with E-state index in [0.717, 1.165) is 45.6 Å². The van der Waals surface area contributed by atoms with Crippen LogP contribution in [0.1, 0.15) is 46.0 Å². The van der Waals surface area contributed by atoms with Crippen LogP contribution in [-0.2, 0) is 0 Å². The average molecular weight is 319 g/mol. The summed E-state index contributed by atoms with van der Waals surface area (Å²) >= 11 is 0. The molecule has 2 amide bonds. The largest absolute Gasteiger partial charge is 0.335 e. The third-order valence-corrected chi connectivity index (χ3v) is 4.22. The number of nitrogens with zero attached hydrogens (tertiary/aromatic N) is 2. The normalized spacial score (nSPS) is 21.8. The summed E-state index contributed by atoms with van der Waals surface area (Å²) in [6.45, 7) is 8.48. The lowest BCUT2D eigenvalue weighted by Crippen LogP contribution is -2.56. The predicted molar refractivity (Wildman–Crippen MR) is 88.9 cm³/mol. The summed E-state index contributed by atoms with van der Waals surface area (Å²) in [6.07, 6.45) is 6.12. The van der Waals surface area contributed by atoms with E-state index in [-0.39, 0.29) is 24.0 Å². The van der Waals surface area contributed by atoms with Crippen LogP contribution in [0.4, 0.5) is 4.79 Å². The van der Waals surface area contributed by atoms with Crippen molar-refractivity contribution < 1.29 is 4.79 Å². The first kappa shape index (κ1) is 18.5. The smallest absolute Gasteiger partial charge is 0.317 e. The molecule has 1 aliphatic heterocycles. The van der Waals surface area contributed by atoms with Crippen LogP contribution in [-0.4, -0.2) is 60.1 Å². The second kappa shape index (κ2) is 8.20. The summed E-state index contributed by atoms with van der Waals surface area (Å²) in [4.78, 5) is 16.5. The number of hydrogen-bond acceptors (Lipinski definition) is 3. The first-order valence-corrected chi connectivity index (χ1v) is 8.01. The summed E-state index contributed by atoms with van der Waals surface area (Å²) in [5.41, 5.74) is 5.89. The van der Waals surface area contributed by atoms with E-state index in [2.05, 4.69) is 24.1 Å². The molecule has 124 valence electrons. The van der Waals surface area contributed by atoms with Crippen LogP contribution in [0.25, 0.3) is 0 Å². The van der Waals surface area contributed by atoms with Crippen LogP contribution in [0.3, 0.4) is 0 Å². The summed E-state index contributed by atoms with van der Waals surface area (Å²) < 4.78 is 0. The first-order chi connectivity index (χ1) is 9.44. The van der Waals surface area contributed by atoms with Gasteiger partial charge in [-0.05, 0) is 26.7 Å². The van der Waals surface area contributed by atoms with Crippen molar-refractivity contribution in [2.24, 2.45) is 5.73 Å². The van der Waals surface area contributed by atoms with E-state index in [1.165, 1.54) is 19.3 Å². The van der Waals surface area contributed by atoms with Crippen molar-refractivity contribution in [2.45, 2.75) is 57.5 Å². The van der Waals surface area contributed by atoms with Gasteiger partial charge in [0.25, 0.3) is 0 Å². The molecule has 0 radical (unpaired) electrons. The Morgan fingerprint density at radius 3 is 2.24 bits per heavy atom. The van der Waals surface area contributed by atoms with E-state index in [4.69, 9.17) is 5.73 Å². The first-order valence-electron chi connectivity index (χ1n) is 8.01. The molecule has 0 bridgehead atoms. The van der Waals surface area contributed by atoms with Crippen molar-refractivity contribution in [3.05, 3.63) is 0 Å². The Kier molecular flexibility index (Phi) is 7.24. The van der Waals surface area contributed by atoms with Crippen molar-refractivity contribution in [1.82, 2.24) is 15.1 Å². The number of hydrogen-bond donors (Lipinski definition) is 2. The van der Waals surface area contributed by atoms with Gasteiger partial charge in [0.2, 0.25) is 0 Å². The lowest BCUT2D eigenvalue weighted by atomic mass is 9.96. The Hall–Kier alpha value is -0.520. The summed E-state index contributed by atoms with van der Waals surface area (Å²) in [7, 11) is 0. The summed E-state index contributed by atoms with van der Waals surface area (Å²) in [6, 6.07) is 0.529. The van der Waals surface area contributed by atoms with Crippen LogP contribution in [0.15, 0.2) is 0 Å². The fourth-order valence-corrected chi connectivity index (χ4v) is 3.20. The van der Waals surface area contributed by atoms with E-state index in [1.807, 2.05) is 4.90 Å². The van der Waals surface area contributed by atoms with Gasteiger partial charge in [-0.2, -0.15) is 0 Å². The Morgan fingerprint density at radius 2 is 1.71 bits per heavy atom. The highest BCUT2D eigenvalue weighted by molar-refractivity contribution is 5.85. The molecule has 0 aromatic rings. The monoisotopic (exact) mass is 318 g/mol. The second-order valence-electron chi connectivity index (χ2n) is 7.04. The number of urea groups is 1. The van der Waals surface area contributed by atoms with Gasteiger partial charge in [-0.1, -0.05) is 19.3 Å². The molecular formula is C15H31ClN4O. The molecule has 0 unspecified atom stereocenters. The Morgan fingerprint density at radius 1 is 1.14 bits per heavy atom. The molecule has 5 nitrogen and oxygen atoms in total. The molecule has 0 atom stereocenters. The number of piperazine rings is 1. The predicted octanol–water partition coefficient (Wildman–Crippen LogP) is 1.81. The quantitative estimate of drug-likeness (QED) is 0.834. The van der Waals surface area contributed by atoms with E-state index < -0.39 is 0 Å². The van der Waals surface area contributed by atoms with Crippen molar-refractivity contribution in [3.63, 3.8) is 0 Å². The van der Waals surface area contributed by atoms with Crippen LogP contribution in [0, 0.1) is 0 Å². The van der Waals surface area contributed by atoms with Gasteiger partial charge in [0.05, 0.1) is 0 Å². The Bertz CT molecular complexity index is 318. The topological polar surface area (TPSA) is 61.6 Å². The lowest BCUT2D eigenvalue weighted by molar-refractivity contribution is 0.123. The molecule has 21 heavy (non-hydrogen) atoms. The number of rotatable bonds is 3. The van der Waals surface area contributed by atoms with Gasteiger partial charge >= 0.3 is 6.03 Å². The molecule has 6 heteroatoms. The van der Waals surface area contributed by atoms with E-state index in [1.54, 1.807) is 0 Å². The van der Waals surface area contributed by atoms with Crippen molar-refractivity contribution in [3.8, 4) is 0 Å². The highest BCUT2D eigenvalue weighted by atomic mass is 35.5. The molecule has 1 aliphatic carbocycles. The summed E-state index contributed by atoms with van der Waals surface area (Å²) in [5, 5.41) is 3.20. The van der Waals surface area contributed by atoms with E-state index in [9.17, 15) is 4.79 Å². The zero-order valence-corrected chi connectivity index (χ0v) is 14.3. The lowest BCUT2D eigenvalue weighted by Gasteiger charge is -2.38. The van der Waals surface area contributed by atoms with Crippen LogP contribution >= 0.6 is 12.4 Å². The number of amides is 2. The van der Waals surface area contributed by atoms with Gasteiger partial charge in [0, 0.05) is 44.3 Å². The molecule has 2 fully saturated rings. The van der Waals surface area contributed by atoms with Crippen molar-refractivity contribution in [1.29, 1.82) is 0 Å². The molecule has 2 rings (SSSR count). The van der Waals surface area contributed by atoms with E-state index in [0.29, 0.717) is 6.04 Å². The fraction of sp³-hybridized carbons (Fsp3) is 0.933. The molecule has 0 aromatic carbocycles. The molecule has 1 heterocycles. The number of carbonyl (C=O) groups excluding carboxylic acids is 1. The maximum atomic E-state index is 12.2. The van der Waals surface area contributed by atoms with Crippen LogP contribution in [0.2, 0.25) is 0 Å². The molecule has 3 N–H and O–H groups in total. The molecule has 0 aromatic heterocycles. The van der Waals surface area contributed by atoms with Gasteiger partial charge in [0.15, 0.2) is 0 Å². The number of carbonyl (C=O) groups is 1. The van der Waals surface area contributed by atoms with Gasteiger partial charge in [-0.3, -0.25) is 4.90 Å². The maximum absolute atomic E-state index is 12.2. The minimum Gasteiger partial charge on any atom is -0.335 e. The van der Waals surface area contributed by atoms with Crippen molar-refractivity contribution in [2.75, 3.05) is 32.7 Å². The Labute approximate surface area is 135 Å². The van der Waals surface area contributed by atoms with Crippen LogP contribution < -0.4 is 11.1 Å². The van der Waals surface area contributed by atoms with Crippen molar-refractivity contribution >= 4 is 18.4 Å². The molecule has 0 spiro atoms. The molecule has 2 aliphatic rings. The molecule has 1 saturated heterocycles. The van der Waals surface area contributed by atoms with Gasteiger partial charge in [0.1, 0.15) is 0 Å². The van der Waals surface area contributed by atoms with E-state index >= 15 is 0 Å². The van der Waals surface area contributed by atoms with Crippen LogP contribution in [0.5, 0.6) is 0 Å². The number of nitrogens with two attached hydrogens (primary N) is 1. The third-order valence-electron chi connectivity index (χ3n) is 4.22. The Balaban J connectivity index is 0.00000220. The second-order valence-corrected chi connectivity index (χ2v) is 7.04. The van der Waals surface area contributed by atoms with Gasteiger partial charge in [-0.25, -0.2) is 4.79 Å². The maximum Gasteiger partial charge on any atom is 0.317 e. The number of nitrogens with one attached hydrogen (secondary N) is 1. The fourth-order valence-electron chi connectivity index (χ4n) is 3.20. The van der Waals surface area contributed by atoms with Gasteiger partial charge < -0.3 is 16.0 Å². The zero-order chi connectivity index (χ0) is 14.6. The average Bonchev–Trinajstić information content (AvgIpc) is 2.39. The minimum absolute atomic E-state index is 0. The zero-order valence-electron chi connectivity index (χ0n) is 13.4. The molecule has 1 saturated carbocycles. The standard InChI is InChI=1S/C15H30N4O.ClH/c1-15(2,16)12-18-8-10-19(11-9-18)14(20)17-13-6-4-3-5-7-13;/h13H,3-12,16H2,1-2H3,(H,17,20);1H. The molecular weight excluding hydrogens is 288 g/mol. The highest BCUT2D eigenvalue weighted by Gasteiger charge is 2.25. The highest BCUT2D eigenvalue weighted by Crippen LogP contribution is 2.17. The minimum atomic E-state index is -0.160. The number of halogens is 1.